The van der Waals surface area contributed by atoms with Crippen molar-refractivity contribution in [3.63, 3.8) is 0 Å². The number of hydrogen-bond acceptors (Lipinski definition) is 6. The molecule has 8 nitrogen and oxygen atoms in total. The molecule has 12 heteroatoms. The van der Waals surface area contributed by atoms with Gasteiger partial charge in [-0.1, -0.05) is 4.89 Å². The van der Waals surface area contributed by atoms with Crippen LogP contribution in [0.2, 0.25) is 0 Å². The van der Waals surface area contributed by atoms with E-state index in [9.17, 15) is 31.7 Å². The molecule has 2 N–H and O–H groups in total. The third kappa shape index (κ3) is 4.32. The molecule has 0 heterocycles. The highest BCUT2D eigenvalue weighted by atomic mass is 32.2. The van der Waals surface area contributed by atoms with Gasteiger partial charge in [0.15, 0.2) is 12.4 Å². The smallest absolute Gasteiger partial charge is 0.413 e. The zero-order valence-corrected chi connectivity index (χ0v) is 10.2. The summed E-state index contributed by atoms with van der Waals surface area (Å²) in [5.41, 5.74) is -0.913. The molecule has 1 aromatic carbocycles. The van der Waals surface area contributed by atoms with Crippen LogP contribution >= 0.6 is 0 Å². The zero-order valence-electron chi connectivity index (χ0n) is 9.42. The summed E-state index contributed by atoms with van der Waals surface area (Å²) in [6, 6.07) is 1.96. The second-order valence-electron chi connectivity index (χ2n) is 3.40. The van der Waals surface area contributed by atoms with Crippen molar-refractivity contribution in [1.29, 1.82) is 0 Å². The van der Waals surface area contributed by atoms with Gasteiger partial charge in [-0.15, -0.1) is 0 Å². The first-order valence-corrected chi connectivity index (χ1v) is 6.19. The third-order valence-corrected chi connectivity index (χ3v) is 3.07. The quantitative estimate of drug-likeness (QED) is 0.619. The van der Waals surface area contributed by atoms with E-state index < -0.39 is 44.1 Å². The fourth-order valence-electron chi connectivity index (χ4n) is 1.05. The summed E-state index contributed by atoms with van der Waals surface area (Å²) in [7, 11) is -4.54. The number of aromatic hydroxyl groups is 1. The highest BCUT2D eigenvalue weighted by molar-refractivity contribution is 7.89. The lowest BCUT2D eigenvalue weighted by Gasteiger charge is -2.09. The van der Waals surface area contributed by atoms with Crippen molar-refractivity contribution >= 4 is 15.7 Å². The van der Waals surface area contributed by atoms with Gasteiger partial charge in [-0.3, -0.25) is 15.0 Å². The number of nitrogens with zero attached hydrogens (tertiary/aromatic N) is 1. The Morgan fingerprint density at radius 1 is 1.40 bits per heavy atom. The van der Waals surface area contributed by atoms with Gasteiger partial charge >= 0.3 is 11.9 Å². The van der Waals surface area contributed by atoms with E-state index in [1.54, 1.807) is 0 Å². The van der Waals surface area contributed by atoms with Crippen LogP contribution in [0.25, 0.3) is 0 Å². The van der Waals surface area contributed by atoms with Gasteiger partial charge in [-0.05, 0) is 12.1 Å². The van der Waals surface area contributed by atoms with Crippen LogP contribution in [0.5, 0.6) is 5.75 Å². The van der Waals surface area contributed by atoms with E-state index in [-0.39, 0.29) is 0 Å². The average Bonchev–Trinajstić information content (AvgIpc) is 2.26. The molecule has 0 aliphatic heterocycles. The van der Waals surface area contributed by atoms with Gasteiger partial charge in [-0.2, -0.15) is 13.2 Å². The van der Waals surface area contributed by atoms with E-state index in [1.165, 1.54) is 4.89 Å². The average molecular weight is 316 g/mol. The molecular formula is C8H7F3N2O6S. The molecule has 0 spiro atoms. The number of rotatable bonds is 5. The number of nitrogens with one attached hydrogen (secondary N) is 1. The number of hydrogen-bond donors (Lipinski definition) is 2. The van der Waals surface area contributed by atoms with E-state index in [0.29, 0.717) is 6.07 Å². The first kappa shape index (κ1) is 16.1. The summed E-state index contributed by atoms with van der Waals surface area (Å²) < 4.78 is 58.3. The number of alkyl halides is 3. The van der Waals surface area contributed by atoms with Crippen molar-refractivity contribution in [2.24, 2.45) is 0 Å². The highest BCUT2D eigenvalue weighted by Crippen LogP contribution is 2.28. The number of phenolic OH excluding ortho intramolecular Hbond substituents is 1. The lowest BCUT2D eigenvalue weighted by atomic mass is 10.3. The van der Waals surface area contributed by atoms with Crippen LogP contribution in [0.4, 0.5) is 18.9 Å². The number of nitro benzene ring substituents is 1. The molecule has 0 amide bonds. The molecule has 0 bridgehead atoms. The summed E-state index contributed by atoms with van der Waals surface area (Å²) in [6.45, 7) is -1.87. The van der Waals surface area contributed by atoms with E-state index in [0.717, 1.165) is 12.1 Å². The number of halogens is 3. The first-order chi connectivity index (χ1) is 9.03. The van der Waals surface area contributed by atoms with Crippen LogP contribution in [0.15, 0.2) is 23.1 Å². The predicted octanol–water partition coefficient (Wildman–Crippen LogP) is 1.07. The fourth-order valence-corrected chi connectivity index (χ4v) is 1.88. The topological polar surface area (TPSA) is 119 Å². The Hall–Kier alpha value is -1.92. The van der Waals surface area contributed by atoms with Gasteiger partial charge in [0, 0.05) is 6.07 Å². The number of benzene rings is 1. The minimum atomic E-state index is -4.75. The zero-order chi connectivity index (χ0) is 15.6. The van der Waals surface area contributed by atoms with Gasteiger partial charge in [0.25, 0.3) is 10.0 Å². The normalized spacial score (nSPS) is 12.3. The van der Waals surface area contributed by atoms with Crippen LogP contribution in [0.3, 0.4) is 0 Å². The summed E-state index contributed by atoms with van der Waals surface area (Å²) in [4.78, 5) is 13.6. The maximum absolute atomic E-state index is 11.8. The van der Waals surface area contributed by atoms with Gasteiger partial charge in [-0.25, -0.2) is 8.42 Å². The molecule has 0 unspecified atom stereocenters. The first-order valence-electron chi connectivity index (χ1n) is 4.71. The molecule has 0 fully saturated rings. The Kier molecular flexibility index (Phi) is 4.52. The molecule has 1 aromatic rings. The minimum absolute atomic E-state index is 0.481. The van der Waals surface area contributed by atoms with Crippen molar-refractivity contribution in [3.8, 4) is 5.75 Å². The van der Waals surface area contributed by atoms with Crippen LogP contribution in [0.1, 0.15) is 0 Å². The second-order valence-corrected chi connectivity index (χ2v) is 5.04. The molecule has 0 aliphatic carbocycles. The highest BCUT2D eigenvalue weighted by Gasteiger charge is 2.29. The van der Waals surface area contributed by atoms with Crippen molar-refractivity contribution in [3.05, 3.63) is 28.3 Å². The minimum Gasteiger partial charge on any atom is -0.502 e. The SMILES string of the molecule is O=[N+]([O-])c1cc(S(=O)(=O)NOCC(F)(F)F)ccc1O. The number of phenols is 1. The summed E-state index contributed by atoms with van der Waals surface area (Å²) in [5, 5.41) is 19.6. The number of sulfonamides is 1. The Morgan fingerprint density at radius 2 is 2.00 bits per heavy atom. The molecule has 0 saturated heterocycles. The van der Waals surface area contributed by atoms with E-state index >= 15 is 0 Å². The number of nitro groups is 1. The third-order valence-electron chi connectivity index (χ3n) is 1.86. The molecule has 0 radical (unpaired) electrons. The Labute approximate surface area is 109 Å². The van der Waals surface area contributed by atoms with Crippen molar-refractivity contribution in [2.45, 2.75) is 11.1 Å². The maximum atomic E-state index is 11.8. The van der Waals surface area contributed by atoms with Crippen molar-refractivity contribution in [1.82, 2.24) is 4.89 Å². The van der Waals surface area contributed by atoms with Gasteiger partial charge in [0.1, 0.15) is 0 Å². The summed E-state index contributed by atoms with van der Waals surface area (Å²) in [5.74, 6) is -0.787. The molecule has 0 atom stereocenters. The molecule has 0 saturated carbocycles. The van der Waals surface area contributed by atoms with E-state index in [2.05, 4.69) is 4.84 Å². The van der Waals surface area contributed by atoms with Crippen LogP contribution < -0.4 is 4.89 Å². The predicted molar refractivity (Wildman–Crippen MR) is 57.1 cm³/mol. The molecule has 112 valence electrons. The maximum Gasteiger partial charge on any atom is 0.413 e. The molecule has 1 rings (SSSR count). The van der Waals surface area contributed by atoms with Crippen LogP contribution in [0, 0.1) is 10.1 Å². The van der Waals surface area contributed by atoms with E-state index in [1.807, 2.05) is 0 Å². The molecule has 0 aliphatic rings. The van der Waals surface area contributed by atoms with Crippen molar-refractivity contribution < 1.29 is 36.5 Å². The van der Waals surface area contributed by atoms with E-state index in [4.69, 9.17) is 5.11 Å². The van der Waals surface area contributed by atoms with Crippen LogP contribution in [-0.2, 0) is 14.9 Å². The largest absolute Gasteiger partial charge is 0.502 e. The van der Waals surface area contributed by atoms with Gasteiger partial charge in [0.2, 0.25) is 0 Å². The Balaban J connectivity index is 2.93. The molecular weight excluding hydrogens is 309 g/mol. The molecule has 0 aromatic heterocycles. The van der Waals surface area contributed by atoms with Crippen LogP contribution in [-0.4, -0.2) is 31.2 Å². The Bertz CT molecular complexity index is 615. The fraction of sp³-hybridized carbons (Fsp3) is 0.250. The molecule has 20 heavy (non-hydrogen) atoms. The lowest BCUT2D eigenvalue weighted by Crippen LogP contribution is -2.29. The monoisotopic (exact) mass is 316 g/mol. The van der Waals surface area contributed by atoms with Gasteiger partial charge in [0.05, 0.1) is 9.82 Å². The van der Waals surface area contributed by atoms with Crippen molar-refractivity contribution in [2.75, 3.05) is 6.61 Å². The lowest BCUT2D eigenvalue weighted by molar-refractivity contribution is -0.386. The standard InChI is InChI=1S/C8H7F3N2O6S/c9-8(10,11)4-19-12-20(17,18)5-1-2-7(14)6(3-5)13(15)16/h1-3,12,14H,4H2. The summed E-state index contributed by atoms with van der Waals surface area (Å²) in [6.07, 6.45) is -4.75. The summed E-state index contributed by atoms with van der Waals surface area (Å²) >= 11 is 0. The second kappa shape index (κ2) is 5.60. The van der Waals surface area contributed by atoms with Gasteiger partial charge < -0.3 is 5.11 Å². The Morgan fingerprint density at radius 3 is 2.50 bits per heavy atom.